The maximum Gasteiger partial charge on any atom is 0.0474 e. The lowest BCUT2D eigenvalue weighted by Gasteiger charge is -2.26. The lowest BCUT2D eigenvalue weighted by atomic mass is 10.0. The Labute approximate surface area is 124 Å². The molecule has 0 amide bonds. The molecular formula is C14H20Cl2N2O. The third-order valence-electron chi connectivity index (χ3n) is 3.88. The second-order valence-electron chi connectivity index (χ2n) is 5.10. The molecule has 0 heterocycles. The van der Waals surface area contributed by atoms with Crippen LogP contribution in [0.4, 0.5) is 0 Å². The molecule has 4 N–H and O–H groups in total. The Bertz CT molecular complexity index is 428. The van der Waals surface area contributed by atoms with Crippen molar-refractivity contribution in [2.24, 2.45) is 11.7 Å². The van der Waals surface area contributed by atoms with E-state index in [1.165, 1.54) is 0 Å². The molecule has 0 radical (unpaired) electrons. The summed E-state index contributed by atoms with van der Waals surface area (Å²) in [4.78, 5) is 0. The van der Waals surface area contributed by atoms with Gasteiger partial charge in [0.2, 0.25) is 0 Å². The van der Waals surface area contributed by atoms with Gasteiger partial charge in [-0.1, -0.05) is 35.7 Å². The van der Waals surface area contributed by atoms with Crippen LogP contribution in [0.3, 0.4) is 0 Å². The number of aliphatic hydroxyl groups excluding tert-OH is 1. The number of nitrogens with one attached hydrogen (secondary N) is 1. The van der Waals surface area contributed by atoms with Crippen LogP contribution >= 0.6 is 23.2 Å². The fraction of sp³-hybridized carbons (Fsp3) is 0.571. The van der Waals surface area contributed by atoms with Crippen molar-refractivity contribution in [3.8, 4) is 0 Å². The summed E-state index contributed by atoms with van der Waals surface area (Å²) in [7, 11) is 0. The first-order valence-corrected chi connectivity index (χ1v) is 7.43. The molecule has 1 aliphatic rings. The van der Waals surface area contributed by atoms with Gasteiger partial charge in [0, 0.05) is 35.3 Å². The van der Waals surface area contributed by atoms with Gasteiger partial charge in [0.05, 0.1) is 0 Å². The molecule has 1 aliphatic carbocycles. The van der Waals surface area contributed by atoms with E-state index < -0.39 is 0 Å². The minimum atomic E-state index is 0.00177. The van der Waals surface area contributed by atoms with Crippen molar-refractivity contribution in [1.29, 1.82) is 0 Å². The Kier molecular flexibility index (Phi) is 5.48. The first-order chi connectivity index (χ1) is 9.15. The monoisotopic (exact) mass is 302 g/mol. The van der Waals surface area contributed by atoms with E-state index in [0.717, 1.165) is 24.8 Å². The molecular weight excluding hydrogens is 283 g/mol. The van der Waals surface area contributed by atoms with Gasteiger partial charge in [-0.2, -0.15) is 0 Å². The fourth-order valence-corrected chi connectivity index (χ4v) is 3.34. The Hall–Kier alpha value is -0.320. The maximum absolute atomic E-state index is 9.37. The maximum atomic E-state index is 9.37. The molecule has 3 unspecified atom stereocenters. The van der Waals surface area contributed by atoms with Gasteiger partial charge < -0.3 is 16.2 Å². The van der Waals surface area contributed by atoms with Gasteiger partial charge in [0.25, 0.3) is 0 Å². The smallest absolute Gasteiger partial charge is 0.0474 e. The van der Waals surface area contributed by atoms with Gasteiger partial charge in [-0.15, -0.1) is 0 Å². The first kappa shape index (κ1) is 15.1. The standard InChI is InChI=1S/C14H20Cl2N2O/c15-10-4-5-11(12(16)6-10)14(7-17)18-13-3-1-2-9(13)8-19/h4-6,9,13-14,18-19H,1-3,7-8,17H2. The lowest BCUT2D eigenvalue weighted by Crippen LogP contribution is -2.40. The van der Waals surface area contributed by atoms with Crippen LogP contribution < -0.4 is 11.1 Å². The number of hydrogen-bond acceptors (Lipinski definition) is 3. The van der Waals surface area contributed by atoms with E-state index in [1.807, 2.05) is 12.1 Å². The van der Waals surface area contributed by atoms with Crippen LogP contribution in [0.1, 0.15) is 30.9 Å². The second-order valence-corrected chi connectivity index (χ2v) is 5.94. The molecule has 1 saturated carbocycles. The SMILES string of the molecule is NCC(NC1CCCC1CO)c1ccc(Cl)cc1Cl. The van der Waals surface area contributed by atoms with Gasteiger partial charge in [-0.25, -0.2) is 0 Å². The fourth-order valence-electron chi connectivity index (χ4n) is 2.80. The quantitative estimate of drug-likeness (QED) is 0.784. The van der Waals surface area contributed by atoms with Crippen molar-refractivity contribution in [3.63, 3.8) is 0 Å². The largest absolute Gasteiger partial charge is 0.396 e. The van der Waals surface area contributed by atoms with Gasteiger partial charge in [0.15, 0.2) is 0 Å². The second kappa shape index (κ2) is 6.91. The van der Waals surface area contributed by atoms with Crippen LogP contribution in [0.2, 0.25) is 10.0 Å². The summed E-state index contributed by atoms with van der Waals surface area (Å²) in [6.45, 7) is 0.694. The van der Waals surface area contributed by atoms with E-state index in [4.69, 9.17) is 28.9 Å². The summed E-state index contributed by atoms with van der Waals surface area (Å²) in [6, 6.07) is 5.79. The van der Waals surface area contributed by atoms with Gasteiger partial charge in [-0.3, -0.25) is 0 Å². The summed E-state index contributed by atoms with van der Waals surface area (Å²) in [6.07, 6.45) is 3.29. The van der Waals surface area contributed by atoms with Crippen molar-refractivity contribution < 1.29 is 5.11 Å². The summed E-state index contributed by atoms with van der Waals surface area (Å²) >= 11 is 12.1. The zero-order valence-electron chi connectivity index (χ0n) is 10.8. The third-order valence-corrected chi connectivity index (χ3v) is 4.44. The molecule has 0 aromatic heterocycles. The van der Waals surface area contributed by atoms with Gasteiger partial charge >= 0.3 is 0 Å². The molecule has 106 valence electrons. The minimum Gasteiger partial charge on any atom is -0.396 e. The molecule has 3 nitrogen and oxygen atoms in total. The predicted octanol–water partition coefficient (Wildman–Crippen LogP) is 2.74. The zero-order valence-corrected chi connectivity index (χ0v) is 12.3. The molecule has 2 rings (SSSR count). The van der Waals surface area contributed by atoms with Crippen LogP contribution in [0.15, 0.2) is 18.2 Å². The molecule has 0 saturated heterocycles. The van der Waals surface area contributed by atoms with Crippen molar-refractivity contribution in [3.05, 3.63) is 33.8 Å². The average molecular weight is 303 g/mol. The Morgan fingerprint density at radius 2 is 2.16 bits per heavy atom. The van der Waals surface area contributed by atoms with E-state index in [9.17, 15) is 5.11 Å². The number of halogens is 2. The number of benzene rings is 1. The first-order valence-electron chi connectivity index (χ1n) is 6.67. The normalized spacial score (nSPS) is 24.6. The van der Waals surface area contributed by atoms with Gasteiger partial charge in [0.1, 0.15) is 0 Å². The zero-order chi connectivity index (χ0) is 13.8. The molecule has 0 aliphatic heterocycles. The highest BCUT2D eigenvalue weighted by molar-refractivity contribution is 6.35. The molecule has 0 bridgehead atoms. The number of nitrogens with two attached hydrogens (primary N) is 1. The number of hydrogen-bond donors (Lipinski definition) is 3. The Balaban J connectivity index is 2.11. The predicted molar refractivity (Wildman–Crippen MR) is 79.6 cm³/mol. The van der Waals surface area contributed by atoms with Crippen molar-refractivity contribution in [2.75, 3.05) is 13.2 Å². The van der Waals surface area contributed by atoms with Crippen LogP contribution in [-0.2, 0) is 0 Å². The summed E-state index contributed by atoms with van der Waals surface area (Å²) in [5.74, 6) is 0.320. The third kappa shape index (κ3) is 3.61. The molecule has 1 aromatic carbocycles. The summed E-state index contributed by atoms with van der Waals surface area (Å²) < 4.78 is 0. The lowest BCUT2D eigenvalue weighted by molar-refractivity contribution is 0.200. The highest BCUT2D eigenvalue weighted by Crippen LogP contribution is 2.30. The molecule has 5 heteroatoms. The van der Waals surface area contributed by atoms with E-state index in [1.54, 1.807) is 6.07 Å². The van der Waals surface area contributed by atoms with Crippen LogP contribution in [-0.4, -0.2) is 24.3 Å². The van der Waals surface area contributed by atoms with Crippen molar-refractivity contribution in [2.45, 2.75) is 31.3 Å². The summed E-state index contributed by atoms with van der Waals surface area (Å²) in [5.41, 5.74) is 6.83. The average Bonchev–Trinajstić information content (AvgIpc) is 2.84. The molecule has 19 heavy (non-hydrogen) atoms. The highest BCUT2D eigenvalue weighted by atomic mass is 35.5. The van der Waals surface area contributed by atoms with Crippen LogP contribution in [0.25, 0.3) is 0 Å². The van der Waals surface area contributed by atoms with E-state index in [-0.39, 0.29) is 12.6 Å². The topological polar surface area (TPSA) is 58.3 Å². The number of rotatable bonds is 5. The highest BCUT2D eigenvalue weighted by Gasteiger charge is 2.28. The molecule has 3 atom stereocenters. The van der Waals surface area contributed by atoms with Crippen molar-refractivity contribution >= 4 is 23.2 Å². The summed E-state index contributed by atoms with van der Waals surface area (Å²) in [5, 5.41) is 14.2. The molecule has 1 fully saturated rings. The Morgan fingerprint density at radius 1 is 1.37 bits per heavy atom. The minimum absolute atomic E-state index is 0.00177. The van der Waals surface area contributed by atoms with E-state index >= 15 is 0 Å². The van der Waals surface area contributed by atoms with Crippen molar-refractivity contribution in [1.82, 2.24) is 5.32 Å². The molecule has 0 spiro atoms. The molecule has 1 aromatic rings. The van der Waals surface area contributed by atoms with E-state index in [0.29, 0.717) is 28.5 Å². The van der Waals surface area contributed by atoms with Gasteiger partial charge in [-0.05, 0) is 36.5 Å². The van der Waals surface area contributed by atoms with Crippen LogP contribution in [0, 0.1) is 5.92 Å². The number of aliphatic hydroxyl groups is 1. The van der Waals surface area contributed by atoms with E-state index in [2.05, 4.69) is 5.32 Å². The van der Waals surface area contributed by atoms with Crippen LogP contribution in [0.5, 0.6) is 0 Å². The Morgan fingerprint density at radius 3 is 2.79 bits per heavy atom.